The van der Waals surface area contributed by atoms with Crippen LogP contribution < -0.4 is 10.1 Å². The largest absolute Gasteiger partial charge is 0.494 e. The lowest BCUT2D eigenvalue weighted by Crippen LogP contribution is -2.06. The number of para-hydroxylation sites is 1. The molecule has 0 aliphatic heterocycles. The van der Waals surface area contributed by atoms with E-state index in [2.05, 4.69) is 10.3 Å². The van der Waals surface area contributed by atoms with Gasteiger partial charge < -0.3 is 15.2 Å². The average Bonchev–Trinajstić information content (AvgIpc) is 2.68. The number of rotatable bonds is 7. The van der Waals surface area contributed by atoms with E-state index in [0.29, 0.717) is 23.3 Å². The first kappa shape index (κ1) is 17.9. The molecule has 2 aromatic carbocycles. The number of nitrogens with one attached hydrogen (secondary N) is 1. The maximum absolute atomic E-state index is 12.6. The molecule has 5 nitrogen and oxygen atoms in total. The van der Waals surface area contributed by atoms with Crippen molar-refractivity contribution in [2.45, 2.75) is 26.4 Å². The van der Waals surface area contributed by atoms with Gasteiger partial charge in [-0.25, -0.2) is 0 Å². The van der Waals surface area contributed by atoms with E-state index >= 15 is 0 Å². The second kappa shape index (κ2) is 7.97. The van der Waals surface area contributed by atoms with Gasteiger partial charge in [-0.1, -0.05) is 31.2 Å². The second-order valence-electron chi connectivity index (χ2n) is 6.06. The molecule has 0 radical (unpaired) electrons. The third-order valence-electron chi connectivity index (χ3n) is 4.26. The molecule has 3 aromatic rings. The molecule has 0 atom stereocenters. The van der Waals surface area contributed by atoms with Gasteiger partial charge in [0.25, 0.3) is 0 Å². The Bertz CT molecular complexity index is 920. The van der Waals surface area contributed by atoms with E-state index in [1.165, 1.54) is 0 Å². The lowest BCUT2D eigenvalue weighted by Gasteiger charge is -2.15. The molecule has 0 aliphatic rings. The fourth-order valence-electron chi connectivity index (χ4n) is 2.91. The van der Waals surface area contributed by atoms with Crippen molar-refractivity contribution in [2.24, 2.45) is 0 Å². The number of fused-ring (bicyclic) bond motifs is 1. The zero-order chi connectivity index (χ0) is 18.5. The highest BCUT2D eigenvalue weighted by Gasteiger charge is 2.17. The van der Waals surface area contributed by atoms with Crippen LogP contribution in [0, 0.1) is 0 Å². The Labute approximate surface area is 152 Å². The van der Waals surface area contributed by atoms with Crippen LogP contribution in [0.15, 0.2) is 48.7 Å². The van der Waals surface area contributed by atoms with Crippen LogP contribution in [0.2, 0.25) is 0 Å². The van der Waals surface area contributed by atoms with E-state index < -0.39 is 0 Å². The number of hydrogen-bond acceptors (Lipinski definition) is 5. The van der Waals surface area contributed by atoms with Gasteiger partial charge >= 0.3 is 0 Å². The molecule has 5 heteroatoms. The highest BCUT2D eigenvalue weighted by molar-refractivity contribution is 6.09. The van der Waals surface area contributed by atoms with Gasteiger partial charge in [-0.15, -0.1) is 0 Å². The fraction of sp³-hybridized carbons (Fsp3) is 0.238. The number of aromatic nitrogens is 1. The van der Waals surface area contributed by atoms with Crippen molar-refractivity contribution in [1.82, 2.24) is 4.98 Å². The molecule has 0 amide bonds. The van der Waals surface area contributed by atoms with Gasteiger partial charge in [0.2, 0.25) is 0 Å². The molecule has 3 rings (SSSR count). The van der Waals surface area contributed by atoms with Gasteiger partial charge in [0.05, 0.1) is 25.0 Å². The van der Waals surface area contributed by atoms with E-state index in [1.54, 1.807) is 13.3 Å². The predicted octanol–water partition coefficient (Wildman–Crippen LogP) is 4.46. The Morgan fingerprint density at radius 1 is 1.19 bits per heavy atom. The summed E-state index contributed by atoms with van der Waals surface area (Å²) < 4.78 is 5.41. The Balaban J connectivity index is 2.14. The molecule has 0 fully saturated rings. The molecule has 26 heavy (non-hydrogen) atoms. The van der Waals surface area contributed by atoms with Crippen LogP contribution >= 0.6 is 0 Å². The smallest absolute Gasteiger partial charge is 0.166 e. The number of nitrogens with zero attached hydrogens (tertiary/aromatic N) is 1. The summed E-state index contributed by atoms with van der Waals surface area (Å²) in [5.74, 6) is 0.717. The standard InChI is InChI=1S/C21H22N2O3/c1-3-5-18(25)17-12-22-21-16(6-4-7-19(21)26-2)20(17)23-15-10-8-14(13-24)9-11-15/h4,6-12,24H,3,5,13H2,1-2H3,(H,22,23). The van der Waals surface area contributed by atoms with E-state index in [-0.39, 0.29) is 12.4 Å². The van der Waals surface area contributed by atoms with Crippen molar-refractivity contribution in [1.29, 1.82) is 0 Å². The molecule has 1 heterocycles. The number of ether oxygens (including phenoxy) is 1. The summed E-state index contributed by atoms with van der Waals surface area (Å²) in [7, 11) is 1.60. The van der Waals surface area contributed by atoms with Gasteiger partial charge in [0.1, 0.15) is 11.3 Å². The highest BCUT2D eigenvalue weighted by Crippen LogP contribution is 2.34. The summed E-state index contributed by atoms with van der Waals surface area (Å²) in [5, 5.41) is 13.4. The summed E-state index contributed by atoms with van der Waals surface area (Å²) in [6, 6.07) is 13.1. The monoisotopic (exact) mass is 350 g/mol. The van der Waals surface area contributed by atoms with Crippen LogP contribution in [-0.2, 0) is 6.61 Å². The minimum absolute atomic E-state index is 0.00407. The van der Waals surface area contributed by atoms with Crippen LogP contribution in [0.3, 0.4) is 0 Å². The highest BCUT2D eigenvalue weighted by atomic mass is 16.5. The summed E-state index contributed by atoms with van der Waals surface area (Å²) in [5.41, 5.74) is 3.67. The number of aliphatic hydroxyl groups is 1. The number of pyridine rings is 1. The summed E-state index contributed by atoms with van der Waals surface area (Å²) in [6.45, 7) is 1.98. The summed E-state index contributed by atoms with van der Waals surface area (Å²) >= 11 is 0. The third-order valence-corrected chi connectivity index (χ3v) is 4.26. The maximum atomic E-state index is 12.6. The lowest BCUT2D eigenvalue weighted by molar-refractivity contribution is 0.0982. The van der Waals surface area contributed by atoms with E-state index in [0.717, 1.165) is 28.7 Å². The summed E-state index contributed by atoms with van der Waals surface area (Å²) in [4.78, 5) is 17.1. The van der Waals surface area contributed by atoms with Gasteiger partial charge in [-0.05, 0) is 30.2 Å². The van der Waals surface area contributed by atoms with E-state index in [4.69, 9.17) is 4.74 Å². The van der Waals surface area contributed by atoms with Crippen molar-refractivity contribution >= 4 is 28.1 Å². The molecule has 0 spiro atoms. The molecular weight excluding hydrogens is 328 g/mol. The predicted molar refractivity (Wildman–Crippen MR) is 103 cm³/mol. The number of Topliss-reactive ketones (excluding diaryl/α,β-unsaturated/α-hetero) is 1. The van der Waals surface area contributed by atoms with Crippen LogP contribution in [0.1, 0.15) is 35.7 Å². The van der Waals surface area contributed by atoms with Crippen molar-refractivity contribution in [3.63, 3.8) is 0 Å². The zero-order valence-corrected chi connectivity index (χ0v) is 15.0. The maximum Gasteiger partial charge on any atom is 0.166 e. The SMILES string of the molecule is CCCC(=O)c1cnc2c(OC)cccc2c1Nc1ccc(CO)cc1. The normalized spacial score (nSPS) is 10.7. The molecular formula is C21H22N2O3. The molecule has 0 unspecified atom stereocenters. The third kappa shape index (κ3) is 3.53. The number of benzene rings is 2. The van der Waals surface area contributed by atoms with Crippen molar-refractivity contribution in [2.75, 3.05) is 12.4 Å². The van der Waals surface area contributed by atoms with Crippen LogP contribution in [0.5, 0.6) is 5.75 Å². The van der Waals surface area contributed by atoms with Crippen LogP contribution in [0.4, 0.5) is 11.4 Å². The first-order valence-corrected chi connectivity index (χ1v) is 8.63. The Hall–Kier alpha value is -2.92. The van der Waals surface area contributed by atoms with Crippen molar-refractivity contribution in [3.05, 3.63) is 59.8 Å². The quantitative estimate of drug-likeness (QED) is 0.616. The number of aliphatic hydroxyl groups excluding tert-OH is 1. The molecule has 134 valence electrons. The fourth-order valence-corrected chi connectivity index (χ4v) is 2.91. The number of carbonyl (C=O) groups is 1. The molecule has 0 aliphatic carbocycles. The minimum atomic E-state index is -0.00407. The molecule has 2 N–H and O–H groups in total. The van der Waals surface area contributed by atoms with Crippen LogP contribution in [-0.4, -0.2) is 23.0 Å². The van der Waals surface area contributed by atoms with Crippen molar-refractivity contribution < 1.29 is 14.6 Å². The number of carbonyl (C=O) groups excluding carboxylic acids is 1. The van der Waals surface area contributed by atoms with Gasteiger partial charge in [-0.3, -0.25) is 9.78 Å². The zero-order valence-electron chi connectivity index (χ0n) is 15.0. The van der Waals surface area contributed by atoms with Gasteiger partial charge in [0, 0.05) is 23.7 Å². The first-order chi connectivity index (χ1) is 12.7. The number of ketones is 1. The second-order valence-corrected chi connectivity index (χ2v) is 6.06. The van der Waals surface area contributed by atoms with Crippen molar-refractivity contribution in [3.8, 4) is 5.75 Å². The number of hydrogen-bond donors (Lipinski definition) is 2. The Kier molecular flexibility index (Phi) is 5.49. The van der Waals surface area contributed by atoms with Crippen LogP contribution in [0.25, 0.3) is 10.9 Å². The van der Waals surface area contributed by atoms with E-state index in [1.807, 2.05) is 49.4 Å². The minimum Gasteiger partial charge on any atom is -0.494 e. The van der Waals surface area contributed by atoms with E-state index in [9.17, 15) is 9.90 Å². The lowest BCUT2D eigenvalue weighted by atomic mass is 10.0. The first-order valence-electron chi connectivity index (χ1n) is 8.63. The topological polar surface area (TPSA) is 71.5 Å². The number of anilines is 2. The molecule has 1 aromatic heterocycles. The molecule has 0 saturated carbocycles. The van der Waals surface area contributed by atoms with Gasteiger partial charge in [0.15, 0.2) is 5.78 Å². The number of methoxy groups -OCH3 is 1. The Morgan fingerprint density at radius 2 is 1.96 bits per heavy atom. The Morgan fingerprint density at radius 3 is 2.62 bits per heavy atom. The summed E-state index contributed by atoms with van der Waals surface area (Å²) in [6.07, 6.45) is 2.86. The van der Waals surface area contributed by atoms with Gasteiger partial charge in [-0.2, -0.15) is 0 Å². The molecule has 0 bridgehead atoms. The molecule has 0 saturated heterocycles. The average molecular weight is 350 g/mol.